The van der Waals surface area contributed by atoms with Crippen LogP contribution in [0.15, 0.2) is 12.2 Å². The number of hydrogen-bond donors (Lipinski definition) is 0. The van der Waals surface area contributed by atoms with E-state index in [9.17, 15) is 0 Å². The summed E-state index contributed by atoms with van der Waals surface area (Å²) in [5, 5.41) is 0. The second-order valence-electron chi connectivity index (χ2n) is 4.85. The average molecular weight is 226 g/mol. The van der Waals surface area contributed by atoms with Gasteiger partial charge < -0.3 is 0 Å². The number of hydrogen-bond acceptors (Lipinski definition) is 0. The normalized spacial score (nSPS) is 23.0. The highest BCUT2D eigenvalue weighted by atomic mass is 14.2. The van der Waals surface area contributed by atoms with Crippen LogP contribution in [0.4, 0.5) is 0 Å². The van der Waals surface area contributed by atoms with Crippen molar-refractivity contribution in [1.29, 1.82) is 0 Å². The van der Waals surface area contributed by atoms with Gasteiger partial charge in [-0.15, -0.1) is 0 Å². The van der Waals surface area contributed by atoms with Gasteiger partial charge in [0.05, 0.1) is 0 Å². The molecule has 0 aromatic rings. The molecule has 0 heteroatoms. The van der Waals surface area contributed by atoms with E-state index in [0.29, 0.717) is 0 Å². The Bertz CT molecular complexity index is 142. The SMILES string of the molecule is CC.CC1C=CC(C(C)C)CC1.CCCC. The van der Waals surface area contributed by atoms with Crippen LogP contribution in [0.25, 0.3) is 0 Å². The van der Waals surface area contributed by atoms with Gasteiger partial charge in [0.15, 0.2) is 0 Å². The smallest absolute Gasteiger partial charge is 0.0210 e. The Morgan fingerprint density at radius 2 is 1.50 bits per heavy atom. The van der Waals surface area contributed by atoms with Crippen molar-refractivity contribution >= 4 is 0 Å². The molecule has 1 rings (SSSR count). The van der Waals surface area contributed by atoms with E-state index >= 15 is 0 Å². The molecule has 0 aromatic heterocycles. The van der Waals surface area contributed by atoms with Gasteiger partial charge >= 0.3 is 0 Å². The fourth-order valence-electron chi connectivity index (χ4n) is 1.54. The summed E-state index contributed by atoms with van der Waals surface area (Å²) >= 11 is 0. The maximum atomic E-state index is 2.40. The lowest BCUT2D eigenvalue weighted by molar-refractivity contribution is 0.383. The molecular weight excluding hydrogens is 192 g/mol. The van der Waals surface area contributed by atoms with Crippen LogP contribution in [0, 0.1) is 17.8 Å². The summed E-state index contributed by atoms with van der Waals surface area (Å²) in [6.45, 7) is 15.3. The first-order valence-electron chi connectivity index (χ1n) is 7.30. The summed E-state index contributed by atoms with van der Waals surface area (Å²) < 4.78 is 0. The van der Waals surface area contributed by atoms with Crippen molar-refractivity contribution in [3.8, 4) is 0 Å². The molecule has 1 aliphatic carbocycles. The van der Waals surface area contributed by atoms with Gasteiger partial charge in [-0.1, -0.05) is 73.5 Å². The molecule has 0 amide bonds. The van der Waals surface area contributed by atoms with E-state index < -0.39 is 0 Å². The van der Waals surface area contributed by atoms with Gasteiger partial charge in [-0.3, -0.25) is 0 Å². The predicted molar refractivity (Wildman–Crippen MR) is 77.8 cm³/mol. The van der Waals surface area contributed by atoms with E-state index in [1.165, 1.54) is 25.7 Å². The van der Waals surface area contributed by atoms with Crippen molar-refractivity contribution in [2.75, 3.05) is 0 Å². The summed E-state index contributed by atoms with van der Waals surface area (Å²) in [6, 6.07) is 0. The van der Waals surface area contributed by atoms with Crippen LogP contribution >= 0.6 is 0 Å². The predicted octanol–water partition coefficient (Wildman–Crippen LogP) is 6.08. The summed E-state index contributed by atoms with van der Waals surface area (Å²) in [4.78, 5) is 0. The monoisotopic (exact) mass is 226 g/mol. The fourth-order valence-corrected chi connectivity index (χ4v) is 1.54. The molecule has 98 valence electrons. The van der Waals surface area contributed by atoms with E-state index in [-0.39, 0.29) is 0 Å². The minimum absolute atomic E-state index is 0.829. The van der Waals surface area contributed by atoms with Crippen molar-refractivity contribution in [1.82, 2.24) is 0 Å². The van der Waals surface area contributed by atoms with Gasteiger partial charge in [-0.2, -0.15) is 0 Å². The summed E-state index contributed by atoms with van der Waals surface area (Å²) in [6.07, 6.45) is 10.2. The van der Waals surface area contributed by atoms with Crippen LogP contribution < -0.4 is 0 Å². The Labute approximate surface area is 105 Å². The largest absolute Gasteiger partial charge is 0.0854 e. The van der Waals surface area contributed by atoms with E-state index in [1.54, 1.807) is 0 Å². The van der Waals surface area contributed by atoms with E-state index in [1.807, 2.05) is 13.8 Å². The molecule has 0 aromatic carbocycles. The molecule has 0 saturated carbocycles. The van der Waals surface area contributed by atoms with Crippen molar-refractivity contribution in [3.05, 3.63) is 12.2 Å². The number of rotatable bonds is 2. The number of unbranched alkanes of at least 4 members (excludes halogenated alkanes) is 1. The first-order chi connectivity index (χ1) is 7.61. The van der Waals surface area contributed by atoms with Crippen molar-refractivity contribution in [2.24, 2.45) is 17.8 Å². The maximum absolute atomic E-state index is 2.40. The molecule has 1 aliphatic rings. The molecule has 0 nitrogen and oxygen atoms in total. The maximum Gasteiger partial charge on any atom is -0.0210 e. The van der Waals surface area contributed by atoms with Crippen LogP contribution in [0.2, 0.25) is 0 Å². The molecule has 2 unspecified atom stereocenters. The molecular formula is C16H34. The molecule has 0 saturated heterocycles. The summed E-state index contributed by atoms with van der Waals surface area (Å²) in [5.41, 5.74) is 0. The third kappa shape index (κ3) is 10.3. The minimum Gasteiger partial charge on any atom is -0.0854 e. The lowest BCUT2D eigenvalue weighted by Crippen LogP contribution is -2.11. The van der Waals surface area contributed by atoms with Crippen molar-refractivity contribution in [3.63, 3.8) is 0 Å². The third-order valence-corrected chi connectivity index (χ3v) is 3.00. The molecule has 0 aliphatic heterocycles. The van der Waals surface area contributed by atoms with Crippen LogP contribution in [0.5, 0.6) is 0 Å². The fraction of sp³-hybridized carbons (Fsp3) is 0.875. The van der Waals surface area contributed by atoms with E-state index in [0.717, 1.165) is 17.8 Å². The lowest BCUT2D eigenvalue weighted by atomic mass is 9.83. The second kappa shape index (κ2) is 12.8. The molecule has 0 bridgehead atoms. The summed E-state index contributed by atoms with van der Waals surface area (Å²) in [7, 11) is 0. The highest BCUT2D eigenvalue weighted by molar-refractivity contribution is 4.97. The van der Waals surface area contributed by atoms with Crippen molar-refractivity contribution in [2.45, 2.75) is 74.1 Å². The van der Waals surface area contributed by atoms with Crippen LogP contribution in [0.3, 0.4) is 0 Å². The van der Waals surface area contributed by atoms with Gasteiger partial charge in [0.2, 0.25) is 0 Å². The van der Waals surface area contributed by atoms with Crippen molar-refractivity contribution < 1.29 is 0 Å². The zero-order valence-electron chi connectivity index (χ0n) is 12.7. The first-order valence-corrected chi connectivity index (χ1v) is 7.30. The molecule has 16 heavy (non-hydrogen) atoms. The van der Waals surface area contributed by atoms with Crippen LogP contribution in [-0.4, -0.2) is 0 Å². The zero-order valence-corrected chi connectivity index (χ0v) is 12.7. The molecule has 0 fully saturated rings. The third-order valence-electron chi connectivity index (χ3n) is 3.00. The van der Waals surface area contributed by atoms with Gasteiger partial charge in [-0.25, -0.2) is 0 Å². The highest BCUT2D eigenvalue weighted by Gasteiger charge is 2.14. The molecule has 0 spiro atoms. The molecule has 0 radical (unpaired) electrons. The topological polar surface area (TPSA) is 0 Å². The minimum atomic E-state index is 0.829. The van der Waals surface area contributed by atoms with Gasteiger partial charge in [0, 0.05) is 0 Å². The van der Waals surface area contributed by atoms with Gasteiger partial charge in [0.1, 0.15) is 0 Å². The van der Waals surface area contributed by atoms with Crippen LogP contribution in [0.1, 0.15) is 74.1 Å². The Morgan fingerprint density at radius 3 is 1.75 bits per heavy atom. The van der Waals surface area contributed by atoms with Gasteiger partial charge in [0.25, 0.3) is 0 Å². The standard InChI is InChI=1S/C10H18.C4H10.C2H6/c1-8(2)10-6-4-9(3)5-7-10;1-3-4-2;1-2/h4,6,8-10H,5,7H2,1-3H3;3-4H2,1-2H3;1-2H3. The Balaban J connectivity index is 0. The van der Waals surface area contributed by atoms with Crippen LogP contribution in [-0.2, 0) is 0 Å². The highest BCUT2D eigenvalue weighted by Crippen LogP contribution is 2.26. The Hall–Kier alpha value is -0.260. The molecule has 2 atom stereocenters. The zero-order chi connectivity index (χ0) is 13.0. The molecule has 0 heterocycles. The second-order valence-corrected chi connectivity index (χ2v) is 4.85. The Morgan fingerprint density at radius 1 is 1.00 bits per heavy atom. The lowest BCUT2D eigenvalue weighted by Gasteiger charge is -2.22. The van der Waals surface area contributed by atoms with E-state index in [2.05, 4.69) is 46.8 Å². The first kappa shape index (κ1) is 18.1. The quantitative estimate of drug-likeness (QED) is 0.501. The summed E-state index contributed by atoms with van der Waals surface area (Å²) in [5.74, 6) is 2.52. The Kier molecular flexibility index (Phi) is 14.5. The van der Waals surface area contributed by atoms with Gasteiger partial charge in [-0.05, 0) is 30.6 Å². The van der Waals surface area contributed by atoms with E-state index in [4.69, 9.17) is 0 Å². The molecule has 0 N–H and O–H groups in total. The number of allylic oxidation sites excluding steroid dienone is 2. The average Bonchev–Trinajstić information content (AvgIpc) is 2.32.